The van der Waals surface area contributed by atoms with Crippen molar-refractivity contribution in [3.8, 4) is 5.75 Å². The van der Waals surface area contributed by atoms with Crippen molar-refractivity contribution in [2.24, 2.45) is 4.99 Å². The molecule has 0 aromatic heterocycles. The van der Waals surface area contributed by atoms with Crippen LogP contribution in [0.3, 0.4) is 0 Å². The van der Waals surface area contributed by atoms with E-state index in [0.29, 0.717) is 6.04 Å². The van der Waals surface area contributed by atoms with E-state index in [1.807, 2.05) is 6.07 Å². The van der Waals surface area contributed by atoms with Crippen LogP contribution in [0.5, 0.6) is 5.75 Å². The number of ether oxygens (including phenoxy) is 1. The molecule has 0 unspecified atom stereocenters. The molecule has 2 rings (SSSR count). The van der Waals surface area contributed by atoms with E-state index in [1.165, 1.54) is 5.56 Å². The Balaban J connectivity index is 1.84. The summed E-state index contributed by atoms with van der Waals surface area (Å²) in [6, 6.07) is 8.81. The van der Waals surface area contributed by atoms with Crippen molar-refractivity contribution >= 4 is 5.96 Å². The van der Waals surface area contributed by atoms with Crippen molar-refractivity contribution in [1.82, 2.24) is 10.6 Å². The molecule has 1 aliphatic rings. The maximum atomic E-state index is 5.68. The highest BCUT2D eigenvalue weighted by molar-refractivity contribution is 5.80. The van der Waals surface area contributed by atoms with Crippen LogP contribution in [0.25, 0.3) is 0 Å². The number of rotatable bonds is 8. The molecule has 0 spiro atoms. The highest BCUT2D eigenvalue weighted by Gasteiger charge is 2.11. The van der Waals surface area contributed by atoms with Gasteiger partial charge >= 0.3 is 0 Å². The molecule has 0 heterocycles. The van der Waals surface area contributed by atoms with Crippen molar-refractivity contribution in [2.45, 2.75) is 45.6 Å². The summed E-state index contributed by atoms with van der Waals surface area (Å²) in [5.74, 6) is 1.87. The van der Waals surface area contributed by atoms with E-state index in [2.05, 4.69) is 59.8 Å². The summed E-state index contributed by atoms with van der Waals surface area (Å²) in [4.78, 5) is 4.69. The van der Waals surface area contributed by atoms with E-state index < -0.39 is 0 Å². The molecule has 0 radical (unpaired) electrons. The quantitative estimate of drug-likeness (QED) is 0.439. The van der Waals surface area contributed by atoms with E-state index in [-0.39, 0.29) is 0 Å². The van der Waals surface area contributed by atoms with Crippen molar-refractivity contribution in [3.05, 3.63) is 42.0 Å². The van der Waals surface area contributed by atoms with Crippen LogP contribution in [0.2, 0.25) is 0 Å². The number of guanidine groups is 1. The molecule has 0 saturated carbocycles. The Labute approximate surface area is 140 Å². The fourth-order valence-corrected chi connectivity index (χ4v) is 2.56. The highest BCUT2D eigenvalue weighted by Crippen LogP contribution is 2.14. The van der Waals surface area contributed by atoms with Crippen LogP contribution >= 0.6 is 0 Å². The van der Waals surface area contributed by atoms with Crippen LogP contribution in [-0.2, 0) is 6.42 Å². The maximum absolute atomic E-state index is 5.68. The summed E-state index contributed by atoms with van der Waals surface area (Å²) in [7, 11) is 0. The summed E-state index contributed by atoms with van der Waals surface area (Å²) in [6.45, 7) is 6.64. The van der Waals surface area contributed by atoms with Gasteiger partial charge in [0.15, 0.2) is 5.96 Å². The molecular weight excluding hydrogens is 286 g/mol. The minimum absolute atomic E-state index is 0.485. The molecule has 1 aliphatic carbocycles. The van der Waals surface area contributed by atoms with Crippen LogP contribution in [0, 0.1) is 0 Å². The van der Waals surface area contributed by atoms with Gasteiger partial charge in [-0.25, -0.2) is 0 Å². The zero-order chi connectivity index (χ0) is 16.3. The lowest BCUT2D eigenvalue weighted by Gasteiger charge is -2.16. The van der Waals surface area contributed by atoms with E-state index in [4.69, 9.17) is 4.74 Å². The summed E-state index contributed by atoms with van der Waals surface area (Å²) < 4.78 is 5.68. The second kappa shape index (κ2) is 9.93. The molecule has 0 fully saturated rings. The third-order valence-corrected chi connectivity index (χ3v) is 3.73. The molecule has 1 aromatic rings. The van der Waals surface area contributed by atoms with Gasteiger partial charge in [-0.05, 0) is 50.3 Å². The Bertz CT molecular complexity index is 517. The number of nitrogens with one attached hydrogen (secondary N) is 2. The van der Waals surface area contributed by atoms with E-state index in [1.54, 1.807) is 0 Å². The smallest absolute Gasteiger partial charge is 0.191 e. The summed E-state index contributed by atoms with van der Waals surface area (Å²) in [5.41, 5.74) is 1.26. The lowest BCUT2D eigenvalue weighted by molar-refractivity contribution is 0.317. The van der Waals surface area contributed by atoms with Crippen molar-refractivity contribution in [1.29, 1.82) is 0 Å². The first-order valence-electron chi connectivity index (χ1n) is 8.73. The molecule has 0 aliphatic heterocycles. The number of benzene rings is 1. The normalized spacial score (nSPS) is 15.0. The zero-order valence-electron chi connectivity index (χ0n) is 14.3. The Morgan fingerprint density at radius 2 is 2.09 bits per heavy atom. The molecule has 0 amide bonds. The largest absolute Gasteiger partial charge is 0.494 e. The summed E-state index contributed by atoms with van der Waals surface area (Å²) in [5, 5.41) is 6.82. The zero-order valence-corrected chi connectivity index (χ0v) is 14.3. The topological polar surface area (TPSA) is 45.6 Å². The van der Waals surface area contributed by atoms with Gasteiger partial charge < -0.3 is 15.4 Å². The fraction of sp³-hybridized carbons (Fsp3) is 0.526. The van der Waals surface area contributed by atoms with Crippen LogP contribution < -0.4 is 15.4 Å². The molecule has 126 valence electrons. The third kappa shape index (κ3) is 6.35. The molecule has 1 aromatic carbocycles. The number of hydrogen-bond acceptors (Lipinski definition) is 2. The number of aliphatic imine (C=N–C) groups is 1. The molecule has 4 heteroatoms. The van der Waals surface area contributed by atoms with E-state index in [0.717, 1.165) is 57.1 Å². The van der Waals surface area contributed by atoms with Gasteiger partial charge in [-0.2, -0.15) is 0 Å². The summed E-state index contributed by atoms with van der Waals surface area (Å²) in [6.07, 6.45) is 8.57. The molecule has 0 bridgehead atoms. The van der Waals surface area contributed by atoms with Gasteiger partial charge in [0, 0.05) is 19.1 Å². The van der Waals surface area contributed by atoms with Crippen molar-refractivity contribution in [2.75, 3.05) is 19.7 Å². The molecule has 0 atom stereocenters. The average molecular weight is 315 g/mol. The lowest BCUT2D eigenvalue weighted by Crippen LogP contribution is -2.42. The minimum Gasteiger partial charge on any atom is -0.494 e. The van der Waals surface area contributed by atoms with Gasteiger partial charge in [0.25, 0.3) is 0 Å². The first-order chi connectivity index (χ1) is 11.3. The van der Waals surface area contributed by atoms with Gasteiger partial charge in [0.2, 0.25) is 0 Å². The Morgan fingerprint density at radius 3 is 2.83 bits per heavy atom. The molecule has 2 N–H and O–H groups in total. The second-order valence-electron chi connectivity index (χ2n) is 5.79. The monoisotopic (exact) mass is 315 g/mol. The first kappa shape index (κ1) is 17.4. The molecule has 23 heavy (non-hydrogen) atoms. The predicted octanol–water partition coefficient (Wildman–Crippen LogP) is 3.29. The van der Waals surface area contributed by atoms with Gasteiger partial charge in [-0.3, -0.25) is 4.99 Å². The van der Waals surface area contributed by atoms with Crippen molar-refractivity contribution in [3.63, 3.8) is 0 Å². The van der Waals surface area contributed by atoms with Crippen LogP contribution in [0.4, 0.5) is 0 Å². The second-order valence-corrected chi connectivity index (χ2v) is 5.79. The van der Waals surface area contributed by atoms with Crippen molar-refractivity contribution < 1.29 is 4.74 Å². The van der Waals surface area contributed by atoms with E-state index in [9.17, 15) is 0 Å². The lowest BCUT2D eigenvalue weighted by atomic mass is 10.1. The Morgan fingerprint density at radius 1 is 1.26 bits per heavy atom. The van der Waals surface area contributed by atoms with Gasteiger partial charge in [-0.15, -0.1) is 0 Å². The number of hydrogen-bond donors (Lipinski definition) is 2. The predicted molar refractivity (Wildman–Crippen MR) is 97.2 cm³/mol. The molecule has 4 nitrogen and oxygen atoms in total. The SMILES string of the molecule is CCCOc1cccc(CCN=C(NCC)NC2CC=CC2)c1. The minimum atomic E-state index is 0.485. The van der Waals surface area contributed by atoms with Gasteiger partial charge in [0.05, 0.1) is 6.61 Å². The Hall–Kier alpha value is -1.97. The van der Waals surface area contributed by atoms with Crippen LogP contribution in [-0.4, -0.2) is 31.7 Å². The van der Waals surface area contributed by atoms with Gasteiger partial charge in [-0.1, -0.05) is 31.2 Å². The highest BCUT2D eigenvalue weighted by atomic mass is 16.5. The fourth-order valence-electron chi connectivity index (χ4n) is 2.56. The number of nitrogens with zero attached hydrogens (tertiary/aromatic N) is 1. The standard InChI is InChI=1S/C19H29N3O/c1-3-14-23-18-11-7-8-16(15-18)12-13-21-19(20-4-2)22-17-9-5-6-10-17/h5-8,11,15,17H,3-4,9-10,12-14H2,1-2H3,(H2,20,21,22). The van der Waals surface area contributed by atoms with Crippen LogP contribution in [0.15, 0.2) is 41.4 Å². The van der Waals surface area contributed by atoms with E-state index >= 15 is 0 Å². The summed E-state index contributed by atoms with van der Waals surface area (Å²) >= 11 is 0. The average Bonchev–Trinajstić information content (AvgIpc) is 3.06. The third-order valence-electron chi connectivity index (χ3n) is 3.73. The maximum Gasteiger partial charge on any atom is 0.191 e. The molecular formula is C19H29N3O. The van der Waals surface area contributed by atoms with Crippen LogP contribution in [0.1, 0.15) is 38.7 Å². The molecule has 0 saturated heterocycles. The Kier molecular flexibility index (Phi) is 7.50. The van der Waals surface area contributed by atoms with Gasteiger partial charge in [0.1, 0.15) is 5.75 Å². The first-order valence-corrected chi connectivity index (χ1v) is 8.73.